The smallest absolute Gasteiger partial charge is 0.252 e. The Labute approximate surface area is 560 Å². The van der Waals surface area contributed by atoms with E-state index in [1.807, 2.05) is 36.4 Å². The molecule has 0 N–H and O–H groups in total. The first-order valence-corrected chi connectivity index (χ1v) is 33.1. The van der Waals surface area contributed by atoms with Crippen LogP contribution in [0.15, 0.2) is 297 Å². The average molecular weight is 1240 g/mol. The lowest BCUT2D eigenvalue weighted by Crippen LogP contribution is -2.61. The highest BCUT2D eigenvalue weighted by Gasteiger charge is 2.43. The molecule has 0 saturated heterocycles. The van der Waals surface area contributed by atoms with Gasteiger partial charge in [0.1, 0.15) is 0 Å². The quantitative estimate of drug-likeness (QED) is 0.126. The number of fused-ring (bicyclic) bond motifs is 7. The molecular formula is C87H67BN8. The number of anilines is 6. The van der Waals surface area contributed by atoms with Gasteiger partial charge in [-0.3, -0.25) is 0 Å². The summed E-state index contributed by atoms with van der Waals surface area (Å²) >= 11 is 0. The van der Waals surface area contributed by atoms with Crippen molar-refractivity contribution in [1.82, 2.24) is 29.5 Å². The van der Waals surface area contributed by atoms with Gasteiger partial charge in [0.05, 0.1) is 28.1 Å². The van der Waals surface area contributed by atoms with Crippen molar-refractivity contribution in [3.05, 3.63) is 308 Å². The zero-order valence-corrected chi connectivity index (χ0v) is 54.4. The molecule has 0 atom stereocenters. The van der Waals surface area contributed by atoms with Crippen molar-refractivity contribution in [1.29, 1.82) is 0 Å². The largest absolute Gasteiger partial charge is 0.311 e. The fraction of sp³-hybridized carbons (Fsp3) is 0.0920. The third-order valence-corrected chi connectivity index (χ3v) is 19.2. The van der Waals surface area contributed by atoms with Crippen LogP contribution in [-0.4, -0.2) is 36.2 Å². The van der Waals surface area contributed by atoms with Crippen molar-refractivity contribution in [2.24, 2.45) is 0 Å². The number of rotatable bonds is 10. The van der Waals surface area contributed by atoms with E-state index in [0.29, 0.717) is 23.3 Å². The number of nitrogens with zero attached hydrogens (tertiary/aromatic N) is 8. The summed E-state index contributed by atoms with van der Waals surface area (Å²) in [5.74, 6) is 2.34. The molecule has 9 heteroatoms. The van der Waals surface area contributed by atoms with Gasteiger partial charge >= 0.3 is 0 Å². The van der Waals surface area contributed by atoms with Crippen LogP contribution >= 0.6 is 0 Å². The molecule has 96 heavy (non-hydrogen) atoms. The Morgan fingerprint density at radius 3 is 1.25 bits per heavy atom. The van der Waals surface area contributed by atoms with Crippen molar-refractivity contribution >= 4 is 79.0 Å². The summed E-state index contributed by atoms with van der Waals surface area (Å²) < 4.78 is 2.43. The molecule has 5 heterocycles. The molecule has 0 radical (unpaired) electrons. The minimum Gasteiger partial charge on any atom is -0.311 e. The highest BCUT2D eigenvalue weighted by Crippen LogP contribution is 2.46. The molecule has 15 aromatic rings. The van der Waals surface area contributed by atoms with Crippen LogP contribution < -0.4 is 26.2 Å². The van der Waals surface area contributed by atoms with E-state index in [9.17, 15) is 0 Å². The Hall–Kier alpha value is -11.8. The lowest BCUT2D eigenvalue weighted by Gasteiger charge is -2.44. The Morgan fingerprint density at radius 2 is 0.698 bits per heavy atom. The number of hydrogen-bond acceptors (Lipinski definition) is 7. The molecule has 12 aromatic carbocycles. The van der Waals surface area contributed by atoms with Crippen LogP contribution in [0.2, 0.25) is 0 Å². The predicted octanol–water partition coefficient (Wildman–Crippen LogP) is 20.1. The van der Waals surface area contributed by atoms with Gasteiger partial charge in [0.25, 0.3) is 6.71 Å². The molecule has 8 nitrogen and oxygen atoms in total. The van der Waals surface area contributed by atoms with Crippen LogP contribution in [-0.2, 0) is 10.8 Å². The summed E-state index contributed by atoms with van der Waals surface area (Å²) in [6.07, 6.45) is 0. The molecule has 2 aliphatic rings. The number of aromatic nitrogens is 6. The lowest BCUT2D eigenvalue weighted by atomic mass is 9.33. The average Bonchev–Trinajstić information content (AvgIpc) is 0.846. The molecule has 0 unspecified atom stereocenters. The van der Waals surface area contributed by atoms with Gasteiger partial charge < -0.3 is 14.4 Å². The van der Waals surface area contributed by atoms with Crippen molar-refractivity contribution in [3.8, 4) is 84.9 Å². The Bertz CT molecular complexity index is 5370. The highest BCUT2D eigenvalue weighted by atomic mass is 15.2. The number of benzene rings is 12. The summed E-state index contributed by atoms with van der Waals surface area (Å²) in [6, 6.07) is 107. The fourth-order valence-electron chi connectivity index (χ4n) is 14.3. The van der Waals surface area contributed by atoms with Crippen molar-refractivity contribution in [2.45, 2.75) is 52.4 Å². The molecule has 0 bridgehead atoms. The molecule has 0 spiro atoms. The van der Waals surface area contributed by atoms with Crippen LogP contribution in [0.1, 0.15) is 52.7 Å². The first-order chi connectivity index (χ1) is 46.9. The van der Waals surface area contributed by atoms with Crippen LogP contribution in [0.3, 0.4) is 0 Å². The predicted molar refractivity (Wildman–Crippen MR) is 399 cm³/mol. The standard InChI is InChI=1S/C87H67BN8/c1-86(2,3)63-44-49-74-67(53-63)68-54-64(87(4,5)6)45-50-75(68)96(74)76-48-43-62(85-92-82(58-27-13-8-14-28-58)91-83(93-85)59-29-15-9-16-30-59)52-69(76)73-55-72(57-25-11-7-12-26-57)89-84(90-73)61-32-23-31-60(51-61)56-41-46-66(47-42-56)95-78-38-22-20-36-71(78)88-70-35-19-21-37-77(70)94(65-33-17-10-18-34-65)79-39-24-40-80(95)81(79)88/h7-55H,1-6H3. The van der Waals surface area contributed by atoms with Gasteiger partial charge in [-0.05, 0) is 153 Å². The van der Waals surface area contributed by atoms with Crippen molar-refractivity contribution in [3.63, 3.8) is 0 Å². The van der Waals surface area contributed by atoms with Crippen molar-refractivity contribution in [2.75, 3.05) is 9.80 Å². The molecular weight excluding hydrogens is 1170 g/mol. The molecule has 3 aromatic heterocycles. The molecule has 0 aliphatic carbocycles. The second kappa shape index (κ2) is 23.0. The summed E-state index contributed by atoms with van der Waals surface area (Å²) in [5.41, 5.74) is 25.5. The maximum atomic E-state index is 5.72. The van der Waals surface area contributed by atoms with Crippen LogP contribution in [0.5, 0.6) is 0 Å². The maximum Gasteiger partial charge on any atom is 0.252 e. The highest BCUT2D eigenvalue weighted by molar-refractivity contribution is 7.00. The Kier molecular flexibility index (Phi) is 13.9. The van der Waals surface area contributed by atoms with E-state index in [4.69, 9.17) is 24.9 Å². The molecule has 17 rings (SSSR count). The van der Waals surface area contributed by atoms with Gasteiger partial charge in [-0.2, -0.15) is 0 Å². The van der Waals surface area contributed by atoms with Gasteiger partial charge in [-0.25, -0.2) is 24.9 Å². The zero-order chi connectivity index (χ0) is 64.8. The molecule has 0 amide bonds. The van der Waals surface area contributed by atoms with Gasteiger partial charge in [-0.1, -0.05) is 236 Å². The van der Waals surface area contributed by atoms with E-state index >= 15 is 0 Å². The van der Waals surface area contributed by atoms with Crippen LogP contribution in [0, 0.1) is 0 Å². The third-order valence-electron chi connectivity index (χ3n) is 19.2. The third kappa shape index (κ3) is 10.1. The maximum absolute atomic E-state index is 5.72. The second-order valence-electron chi connectivity index (χ2n) is 27.3. The molecule has 458 valence electrons. The lowest BCUT2D eigenvalue weighted by molar-refractivity contribution is 0.590. The number of para-hydroxylation sites is 3. The molecule has 2 aliphatic heterocycles. The monoisotopic (exact) mass is 1230 g/mol. The van der Waals surface area contributed by atoms with E-state index in [1.165, 1.54) is 61.0 Å². The normalized spacial score (nSPS) is 12.6. The summed E-state index contributed by atoms with van der Waals surface area (Å²) in [5, 5.41) is 2.40. The summed E-state index contributed by atoms with van der Waals surface area (Å²) in [4.78, 5) is 31.7. The van der Waals surface area contributed by atoms with Gasteiger partial charge in [0, 0.05) is 78.3 Å². The van der Waals surface area contributed by atoms with E-state index in [1.54, 1.807) is 0 Å². The SMILES string of the molecule is CC(C)(C)c1ccc2c(c1)c1cc(C(C)(C)C)ccc1n2-c1ccc(-c2nc(-c3ccccc3)nc(-c3ccccc3)n2)cc1-c1cc(-c2ccccc2)nc(-c2cccc(-c3ccc(N4c5ccccc5B5c6ccccc6N(c6ccccc6)c6cccc4c65)cc3)c2)n1. The van der Waals surface area contributed by atoms with Gasteiger partial charge in [0.2, 0.25) is 0 Å². The van der Waals surface area contributed by atoms with Crippen molar-refractivity contribution < 1.29 is 0 Å². The Morgan fingerprint density at radius 1 is 0.281 bits per heavy atom. The summed E-state index contributed by atoms with van der Waals surface area (Å²) in [7, 11) is 0. The van der Waals surface area contributed by atoms with E-state index in [-0.39, 0.29) is 17.5 Å². The summed E-state index contributed by atoms with van der Waals surface area (Å²) in [6.45, 7) is 13.8. The topological polar surface area (TPSA) is 75.9 Å². The zero-order valence-electron chi connectivity index (χ0n) is 54.4. The van der Waals surface area contributed by atoms with E-state index in [2.05, 4.69) is 317 Å². The Balaban J connectivity index is 0.826. The minimum absolute atomic E-state index is 0.0645. The fourth-order valence-corrected chi connectivity index (χ4v) is 14.3. The molecule has 0 saturated carbocycles. The molecule has 0 fully saturated rings. The first-order valence-electron chi connectivity index (χ1n) is 33.1. The van der Waals surface area contributed by atoms with Crippen LogP contribution in [0.4, 0.5) is 34.1 Å². The van der Waals surface area contributed by atoms with E-state index < -0.39 is 0 Å². The van der Waals surface area contributed by atoms with E-state index in [0.717, 1.165) is 84.0 Å². The number of hydrogen-bond donors (Lipinski definition) is 0. The second-order valence-corrected chi connectivity index (χ2v) is 27.3. The minimum atomic E-state index is -0.0709. The first kappa shape index (κ1) is 58.0. The van der Waals surface area contributed by atoms with Crippen LogP contribution in [0.25, 0.3) is 107 Å². The van der Waals surface area contributed by atoms with Gasteiger partial charge in [0.15, 0.2) is 23.3 Å². The van der Waals surface area contributed by atoms with Gasteiger partial charge in [-0.15, -0.1) is 0 Å².